The normalized spacial score (nSPS) is 10.7. The van der Waals surface area contributed by atoms with Crippen LogP contribution in [0.5, 0.6) is 0 Å². The minimum absolute atomic E-state index is 0.609. The first-order valence-corrected chi connectivity index (χ1v) is 15.8. The van der Waals surface area contributed by atoms with Crippen LogP contribution in [-0.2, 0) is 23.9 Å². The fraction of sp³-hybridized carbons (Fsp3) is 0.421. The lowest BCUT2D eigenvalue weighted by atomic mass is 10.0. The Balaban J connectivity index is 0.000000354. The molecule has 3 aromatic carbocycles. The molecular formula is C38H52F3N3O. The molecule has 0 fully saturated rings. The van der Waals surface area contributed by atoms with Crippen molar-refractivity contribution in [2.45, 2.75) is 99.3 Å². The number of alkyl halides is 3. The van der Waals surface area contributed by atoms with E-state index in [9.17, 15) is 13.2 Å². The van der Waals surface area contributed by atoms with Gasteiger partial charge in [-0.15, -0.1) is 0 Å². The maximum Gasteiger partial charge on any atom is 0.416 e. The summed E-state index contributed by atoms with van der Waals surface area (Å²) in [5.41, 5.74) is 6.15. The molecule has 1 heterocycles. The first-order chi connectivity index (χ1) is 21.4. The van der Waals surface area contributed by atoms with Crippen LogP contribution in [0.15, 0.2) is 78.9 Å². The molecule has 0 amide bonds. The maximum absolute atomic E-state index is 12.4. The average molecular weight is 624 g/mol. The molecule has 0 radical (unpaired) electrons. The number of aldehydes is 1. The molecule has 0 bridgehead atoms. The molecule has 0 aliphatic carbocycles. The number of aromatic amines is 1. The summed E-state index contributed by atoms with van der Waals surface area (Å²) < 4.78 is 37.3. The van der Waals surface area contributed by atoms with Crippen molar-refractivity contribution in [3.05, 3.63) is 113 Å². The molecule has 7 heteroatoms. The fourth-order valence-electron chi connectivity index (χ4n) is 4.85. The summed E-state index contributed by atoms with van der Waals surface area (Å²) in [6, 6.07) is 24.5. The number of hydrogen-bond donors (Lipinski definition) is 1. The van der Waals surface area contributed by atoms with E-state index < -0.39 is 11.7 Å². The number of H-pyrrole nitrogens is 1. The molecule has 45 heavy (non-hydrogen) atoms. The third-order valence-corrected chi connectivity index (χ3v) is 7.26. The van der Waals surface area contributed by atoms with Gasteiger partial charge in [-0.2, -0.15) is 13.2 Å². The van der Waals surface area contributed by atoms with Crippen molar-refractivity contribution < 1.29 is 18.0 Å². The van der Waals surface area contributed by atoms with Crippen LogP contribution in [0.4, 0.5) is 13.2 Å². The van der Waals surface area contributed by atoms with Gasteiger partial charge >= 0.3 is 6.18 Å². The number of halogens is 3. The second-order valence-electron chi connectivity index (χ2n) is 11.1. The quantitative estimate of drug-likeness (QED) is 0.189. The summed E-state index contributed by atoms with van der Waals surface area (Å²) >= 11 is 0. The third kappa shape index (κ3) is 14.7. The Hall–Kier alpha value is -3.71. The topological polar surface area (TPSA) is 49.0 Å². The Morgan fingerprint density at radius 1 is 0.867 bits per heavy atom. The molecule has 0 spiro atoms. The van der Waals surface area contributed by atoms with Crippen molar-refractivity contribution in [3.8, 4) is 11.4 Å². The predicted octanol–water partition coefficient (Wildman–Crippen LogP) is 10.6. The number of hydrogen-bond acceptors (Lipinski definition) is 3. The number of nitrogens with zero attached hydrogens (tertiary/aromatic N) is 2. The zero-order valence-electron chi connectivity index (χ0n) is 28.3. The second-order valence-corrected chi connectivity index (χ2v) is 11.1. The van der Waals surface area contributed by atoms with E-state index in [2.05, 4.69) is 67.8 Å². The van der Waals surface area contributed by atoms with Crippen molar-refractivity contribution in [3.63, 3.8) is 0 Å². The Morgan fingerprint density at radius 2 is 1.38 bits per heavy atom. The molecule has 0 aliphatic heterocycles. The molecule has 4 nitrogen and oxygen atoms in total. The van der Waals surface area contributed by atoms with Gasteiger partial charge in [0.15, 0.2) is 0 Å². The molecule has 246 valence electrons. The first kappa shape index (κ1) is 39.3. The number of rotatable bonds is 9. The summed E-state index contributed by atoms with van der Waals surface area (Å²) in [4.78, 5) is 18.8. The predicted molar refractivity (Wildman–Crippen MR) is 182 cm³/mol. The smallest absolute Gasteiger partial charge is 0.342 e. The Labute approximate surface area is 269 Å². The number of benzene rings is 3. The number of nitrogens with one attached hydrogen (secondary N) is 1. The van der Waals surface area contributed by atoms with Gasteiger partial charge in [0.25, 0.3) is 0 Å². The van der Waals surface area contributed by atoms with Gasteiger partial charge in [0.2, 0.25) is 0 Å². The van der Waals surface area contributed by atoms with Gasteiger partial charge < -0.3 is 9.78 Å². The van der Waals surface area contributed by atoms with Gasteiger partial charge in [0, 0.05) is 23.8 Å². The molecule has 0 aliphatic rings. The lowest BCUT2D eigenvalue weighted by Crippen LogP contribution is -2.31. The number of carbonyl (C=O) groups excluding carboxylic acids is 1. The summed E-state index contributed by atoms with van der Waals surface area (Å²) in [6.07, 6.45) is 2.43. The van der Waals surface area contributed by atoms with E-state index in [0.29, 0.717) is 11.4 Å². The van der Waals surface area contributed by atoms with Gasteiger partial charge in [0.05, 0.1) is 11.3 Å². The number of aromatic nitrogens is 2. The molecule has 1 aromatic heterocycles. The Bertz CT molecular complexity index is 1320. The van der Waals surface area contributed by atoms with Crippen molar-refractivity contribution in [2.75, 3.05) is 7.05 Å². The molecule has 4 rings (SSSR count). The minimum Gasteiger partial charge on any atom is -0.342 e. The third-order valence-electron chi connectivity index (χ3n) is 7.26. The first-order valence-electron chi connectivity index (χ1n) is 15.8. The standard InChI is InChI=1S/C17H29N.C13H13F3N2.C6H6.C2H4O/c1-6-8-17(9-7-2)18(5)13-16-11-10-14(3)12-15(16)4;1-3-11-8(2)17-12(18-11)9-4-6-10(7-5-9)13(14,15)16;1-2-4-6-5-3-1;1-2-3/h10-12,17H,6-9,13H2,1-5H3;4-7H,3H2,1-2H3,(H,17,18);1-6H;2H,1H3. The van der Waals surface area contributed by atoms with Gasteiger partial charge in [0.1, 0.15) is 12.1 Å². The number of imidazole rings is 1. The van der Waals surface area contributed by atoms with Crippen molar-refractivity contribution in [2.24, 2.45) is 0 Å². The SMILES string of the molecule is CC=O.CCCC(CCC)N(C)Cc1ccc(C)cc1C.CCc1nc(-c2ccc(C(F)(F)F)cc2)[nH]c1C.c1ccccc1. The van der Waals surface area contributed by atoms with Gasteiger partial charge in [-0.25, -0.2) is 4.98 Å². The van der Waals surface area contributed by atoms with E-state index in [1.807, 2.05) is 50.2 Å². The summed E-state index contributed by atoms with van der Waals surface area (Å²) in [6.45, 7) is 15.4. The van der Waals surface area contributed by atoms with E-state index in [1.165, 1.54) is 61.4 Å². The van der Waals surface area contributed by atoms with E-state index >= 15 is 0 Å². The van der Waals surface area contributed by atoms with Crippen LogP contribution in [0.3, 0.4) is 0 Å². The van der Waals surface area contributed by atoms with Crippen LogP contribution in [0, 0.1) is 20.8 Å². The van der Waals surface area contributed by atoms with Crippen LogP contribution in [0.25, 0.3) is 11.4 Å². The summed E-state index contributed by atoms with van der Waals surface area (Å²) in [7, 11) is 2.27. The Kier molecular flexibility index (Phi) is 18.4. The average Bonchev–Trinajstić information content (AvgIpc) is 3.40. The van der Waals surface area contributed by atoms with E-state index in [4.69, 9.17) is 4.79 Å². The van der Waals surface area contributed by atoms with Gasteiger partial charge in [-0.1, -0.05) is 106 Å². The van der Waals surface area contributed by atoms with Crippen molar-refractivity contribution in [1.29, 1.82) is 0 Å². The minimum atomic E-state index is -4.30. The van der Waals surface area contributed by atoms with Crippen LogP contribution < -0.4 is 0 Å². The zero-order valence-corrected chi connectivity index (χ0v) is 28.3. The van der Waals surface area contributed by atoms with Crippen LogP contribution in [0.2, 0.25) is 0 Å². The van der Waals surface area contributed by atoms with Crippen LogP contribution in [-0.4, -0.2) is 34.2 Å². The molecule has 1 N–H and O–H groups in total. The lowest BCUT2D eigenvalue weighted by Gasteiger charge is -2.28. The summed E-state index contributed by atoms with van der Waals surface area (Å²) in [5.74, 6) is 0.609. The number of carbonyl (C=O) groups is 1. The molecule has 0 atom stereocenters. The van der Waals surface area contributed by atoms with E-state index in [0.717, 1.165) is 48.8 Å². The van der Waals surface area contributed by atoms with Crippen LogP contribution >= 0.6 is 0 Å². The molecule has 0 saturated heterocycles. The number of aryl methyl sites for hydroxylation is 4. The van der Waals surface area contributed by atoms with E-state index in [1.54, 1.807) is 0 Å². The highest BCUT2D eigenvalue weighted by molar-refractivity contribution is 5.56. The van der Waals surface area contributed by atoms with Gasteiger partial charge in [-0.3, -0.25) is 4.90 Å². The highest BCUT2D eigenvalue weighted by Gasteiger charge is 2.30. The van der Waals surface area contributed by atoms with Crippen molar-refractivity contribution in [1.82, 2.24) is 14.9 Å². The second kappa shape index (κ2) is 21.1. The van der Waals surface area contributed by atoms with Gasteiger partial charge in [-0.05, 0) is 77.3 Å². The summed E-state index contributed by atoms with van der Waals surface area (Å²) in [5, 5.41) is 0. The molecule has 0 unspecified atom stereocenters. The lowest BCUT2D eigenvalue weighted by molar-refractivity contribution is -0.137. The van der Waals surface area contributed by atoms with Crippen LogP contribution in [0.1, 0.15) is 87.0 Å². The highest BCUT2D eigenvalue weighted by atomic mass is 19.4. The van der Waals surface area contributed by atoms with Crippen molar-refractivity contribution >= 4 is 6.29 Å². The largest absolute Gasteiger partial charge is 0.416 e. The van der Waals surface area contributed by atoms with E-state index in [-0.39, 0.29) is 0 Å². The Morgan fingerprint density at radius 3 is 1.78 bits per heavy atom. The molecular weight excluding hydrogens is 571 g/mol. The fourth-order valence-corrected chi connectivity index (χ4v) is 4.85. The molecule has 4 aromatic rings. The monoisotopic (exact) mass is 623 g/mol. The molecule has 0 saturated carbocycles. The zero-order chi connectivity index (χ0) is 33.8. The highest BCUT2D eigenvalue weighted by Crippen LogP contribution is 2.30. The maximum atomic E-state index is 12.4.